The van der Waals surface area contributed by atoms with Crippen LogP contribution in [0.4, 0.5) is 5.82 Å². The second-order valence-electron chi connectivity index (χ2n) is 10.1. The summed E-state index contributed by atoms with van der Waals surface area (Å²) >= 11 is 0. The standard InChI is InChI=1S/C26H34N8O3/c1-7-32-21(10-11-27)29-22-23(30-26(35)31(6)25(22)32)34-13-15(2)33(12-16(34)3)18(5)19-8-9-20-24(28-19)37-17(4)14-36-20/h8-9,15-18H,7,10,12-14H2,1-6H3/t15-,16+,17?,18?/m1/s1. The normalized spacial score (nSPS) is 22.7. The SMILES string of the molecule is CCn1c(CC#N)nc2c(N3C[C@@H](C)N(C(C)c4ccc5c(n4)OC(C)CO5)C[C@@H]3C)nc(=O)n(C)c21. The van der Waals surface area contributed by atoms with Gasteiger partial charge in [0, 0.05) is 44.8 Å². The first-order valence-electron chi connectivity index (χ1n) is 12.9. The van der Waals surface area contributed by atoms with Gasteiger partial charge in [-0.05, 0) is 46.8 Å². The smallest absolute Gasteiger partial charge is 0.350 e. The van der Waals surface area contributed by atoms with Gasteiger partial charge < -0.3 is 18.9 Å². The van der Waals surface area contributed by atoms with E-state index in [1.54, 1.807) is 7.05 Å². The van der Waals surface area contributed by atoms with Gasteiger partial charge in [0.15, 0.2) is 11.6 Å². The third kappa shape index (κ3) is 4.29. The molecule has 0 aliphatic carbocycles. The van der Waals surface area contributed by atoms with Gasteiger partial charge >= 0.3 is 5.69 Å². The molecule has 0 bridgehead atoms. The van der Waals surface area contributed by atoms with Crippen molar-refractivity contribution in [2.75, 3.05) is 24.6 Å². The van der Waals surface area contributed by atoms with Crippen molar-refractivity contribution in [3.8, 4) is 17.7 Å². The summed E-state index contributed by atoms with van der Waals surface area (Å²) in [5.74, 6) is 2.47. The third-order valence-corrected chi connectivity index (χ3v) is 7.46. The minimum atomic E-state index is -0.328. The molecular formula is C26H34N8O3. The predicted octanol–water partition coefficient (Wildman–Crippen LogP) is 2.43. The molecule has 37 heavy (non-hydrogen) atoms. The van der Waals surface area contributed by atoms with Gasteiger partial charge in [-0.2, -0.15) is 10.2 Å². The lowest BCUT2D eigenvalue weighted by molar-refractivity contribution is 0.0932. The Kier molecular flexibility index (Phi) is 6.54. The van der Waals surface area contributed by atoms with Gasteiger partial charge in [-0.3, -0.25) is 9.47 Å². The van der Waals surface area contributed by atoms with E-state index in [2.05, 4.69) is 41.6 Å². The zero-order chi connectivity index (χ0) is 26.4. The molecule has 0 radical (unpaired) electrons. The summed E-state index contributed by atoms with van der Waals surface area (Å²) in [6.07, 6.45) is 0.148. The molecule has 0 spiro atoms. The Morgan fingerprint density at radius 1 is 1.16 bits per heavy atom. The fraction of sp³-hybridized carbons (Fsp3) is 0.577. The quantitative estimate of drug-likeness (QED) is 0.515. The summed E-state index contributed by atoms with van der Waals surface area (Å²) in [5.41, 5.74) is 1.97. The number of piperazine rings is 1. The molecule has 0 N–H and O–H groups in total. The van der Waals surface area contributed by atoms with E-state index in [0.29, 0.717) is 54.1 Å². The van der Waals surface area contributed by atoms with Crippen molar-refractivity contribution in [3.05, 3.63) is 34.1 Å². The van der Waals surface area contributed by atoms with Crippen LogP contribution in [0.1, 0.15) is 52.2 Å². The molecule has 5 heterocycles. The average Bonchev–Trinajstić information content (AvgIpc) is 3.25. The van der Waals surface area contributed by atoms with E-state index < -0.39 is 0 Å². The molecule has 196 valence electrons. The van der Waals surface area contributed by atoms with Crippen molar-refractivity contribution >= 4 is 17.0 Å². The second-order valence-corrected chi connectivity index (χ2v) is 10.1. The maximum Gasteiger partial charge on any atom is 0.350 e. The summed E-state index contributed by atoms with van der Waals surface area (Å²) in [4.78, 5) is 31.5. The molecule has 1 fully saturated rings. The zero-order valence-corrected chi connectivity index (χ0v) is 22.3. The lowest BCUT2D eigenvalue weighted by Crippen LogP contribution is -2.57. The number of nitrogens with zero attached hydrogens (tertiary/aromatic N) is 8. The summed E-state index contributed by atoms with van der Waals surface area (Å²) < 4.78 is 15.1. The molecule has 2 unspecified atom stereocenters. The molecule has 3 aromatic heterocycles. The van der Waals surface area contributed by atoms with E-state index >= 15 is 0 Å². The van der Waals surface area contributed by atoms with Gasteiger partial charge in [0.1, 0.15) is 29.7 Å². The molecule has 0 saturated carbocycles. The first kappa shape index (κ1) is 25.0. The Balaban J connectivity index is 1.45. The summed E-state index contributed by atoms with van der Waals surface area (Å²) in [6, 6.07) is 6.43. The number of nitriles is 1. The van der Waals surface area contributed by atoms with Crippen LogP contribution in [-0.2, 0) is 20.0 Å². The van der Waals surface area contributed by atoms with Crippen molar-refractivity contribution in [1.29, 1.82) is 5.26 Å². The molecule has 11 nitrogen and oxygen atoms in total. The highest BCUT2D eigenvalue weighted by molar-refractivity contribution is 5.84. The van der Waals surface area contributed by atoms with Crippen LogP contribution in [0.25, 0.3) is 11.2 Å². The fourth-order valence-electron chi connectivity index (χ4n) is 5.49. The first-order valence-corrected chi connectivity index (χ1v) is 12.9. The molecular weight excluding hydrogens is 472 g/mol. The van der Waals surface area contributed by atoms with E-state index in [0.717, 1.165) is 12.2 Å². The molecule has 0 amide bonds. The minimum Gasteiger partial charge on any atom is -0.484 e. The first-order chi connectivity index (χ1) is 17.7. The Morgan fingerprint density at radius 2 is 1.95 bits per heavy atom. The van der Waals surface area contributed by atoms with Crippen molar-refractivity contribution in [2.45, 2.75) is 71.8 Å². The fourth-order valence-corrected chi connectivity index (χ4v) is 5.49. The molecule has 2 aliphatic rings. The van der Waals surface area contributed by atoms with Gasteiger partial charge in [-0.1, -0.05) is 0 Å². The molecule has 2 aliphatic heterocycles. The van der Waals surface area contributed by atoms with E-state index in [4.69, 9.17) is 19.4 Å². The topological polar surface area (TPSA) is 114 Å². The van der Waals surface area contributed by atoms with E-state index in [1.165, 1.54) is 4.57 Å². The Hall–Kier alpha value is -3.65. The van der Waals surface area contributed by atoms with Crippen LogP contribution in [0.3, 0.4) is 0 Å². The summed E-state index contributed by atoms with van der Waals surface area (Å²) in [7, 11) is 1.71. The molecule has 4 atom stereocenters. The summed E-state index contributed by atoms with van der Waals surface area (Å²) in [5, 5.41) is 9.31. The molecule has 3 aromatic rings. The Labute approximate surface area is 216 Å². The number of imidazole rings is 1. The van der Waals surface area contributed by atoms with Crippen LogP contribution in [0.2, 0.25) is 0 Å². The number of anilines is 1. The van der Waals surface area contributed by atoms with E-state index in [1.807, 2.05) is 30.5 Å². The van der Waals surface area contributed by atoms with Crippen LogP contribution in [0.15, 0.2) is 16.9 Å². The second kappa shape index (κ2) is 9.67. The van der Waals surface area contributed by atoms with Crippen molar-refractivity contribution in [1.82, 2.24) is 29.0 Å². The number of aromatic nitrogens is 5. The van der Waals surface area contributed by atoms with E-state index in [-0.39, 0.29) is 36.3 Å². The Morgan fingerprint density at radius 3 is 2.68 bits per heavy atom. The Bertz CT molecular complexity index is 1420. The van der Waals surface area contributed by atoms with Crippen LogP contribution in [0, 0.1) is 11.3 Å². The van der Waals surface area contributed by atoms with Crippen LogP contribution in [-0.4, -0.2) is 66.9 Å². The highest BCUT2D eigenvalue weighted by Gasteiger charge is 2.36. The number of aryl methyl sites for hydroxylation is 2. The van der Waals surface area contributed by atoms with Crippen LogP contribution in [0.5, 0.6) is 11.6 Å². The average molecular weight is 507 g/mol. The predicted molar refractivity (Wildman–Crippen MR) is 139 cm³/mol. The minimum absolute atomic E-state index is 0.0270. The lowest BCUT2D eigenvalue weighted by atomic mass is 10.0. The molecule has 11 heteroatoms. The number of fused-ring (bicyclic) bond motifs is 2. The van der Waals surface area contributed by atoms with Gasteiger partial charge in [0.05, 0.1) is 18.2 Å². The number of ether oxygens (including phenoxy) is 2. The van der Waals surface area contributed by atoms with Crippen LogP contribution >= 0.6 is 0 Å². The number of hydrogen-bond donors (Lipinski definition) is 0. The largest absolute Gasteiger partial charge is 0.484 e. The van der Waals surface area contributed by atoms with Gasteiger partial charge in [0.25, 0.3) is 5.88 Å². The monoisotopic (exact) mass is 506 g/mol. The number of rotatable bonds is 5. The molecule has 1 saturated heterocycles. The van der Waals surface area contributed by atoms with E-state index in [9.17, 15) is 10.1 Å². The maximum atomic E-state index is 12.9. The van der Waals surface area contributed by atoms with Crippen molar-refractivity contribution in [2.24, 2.45) is 7.05 Å². The van der Waals surface area contributed by atoms with Gasteiger partial charge in [-0.25, -0.2) is 14.8 Å². The van der Waals surface area contributed by atoms with Crippen LogP contribution < -0.4 is 20.1 Å². The lowest BCUT2D eigenvalue weighted by Gasteiger charge is -2.47. The summed E-state index contributed by atoms with van der Waals surface area (Å²) in [6.45, 7) is 13.0. The zero-order valence-electron chi connectivity index (χ0n) is 22.3. The number of pyridine rings is 1. The molecule has 0 aromatic carbocycles. The molecule has 5 rings (SSSR count). The van der Waals surface area contributed by atoms with Crippen molar-refractivity contribution < 1.29 is 9.47 Å². The van der Waals surface area contributed by atoms with Gasteiger partial charge in [0.2, 0.25) is 0 Å². The number of hydrogen-bond acceptors (Lipinski definition) is 9. The highest BCUT2D eigenvalue weighted by Crippen LogP contribution is 2.35. The van der Waals surface area contributed by atoms with Crippen molar-refractivity contribution in [3.63, 3.8) is 0 Å². The third-order valence-electron chi connectivity index (χ3n) is 7.46. The van der Waals surface area contributed by atoms with Gasteiger partial charge in [-0.15, -0.1) is 0 Å². The highest BCUT2D eigenvalue weighted by atomic mass is 16.6. The maximum absolute atomic E-state index is 12.9.